The molecule has 5 heteroatoms. The van der Waals surface area contributed by atoms with E-state index in [9.17, 15) is 0 Å². The highest BCUT2D eigenvalue weighted by atomic mass is 15.1. The van der Waals surface area contributed by atoms with E-state index in [0.717, 1.165) is 27.8 Å². The van der Waals surface area contributed by atoms with Crippen molar-refractivity contribution in [2.24, 2.45) is 0 Å². The maximum Gasteiger partial charge on any atom is 0.161 e. The smallest absolute Gasteiger partial charge is 0.161 e. The molecule has 4 aromatic rings. The lowest BCUT2D eigenvalue weighted by atomic mass is 10.2. The molecule has 5 nitrogen and oxygen atoms in total. The first-order valence-corrected chi connectivity index (χ1v) is 7.01. The fourth-order valence-electron chi connectivity index (χ4n) is 2.51. The van der Waals surface area contributed by atoms with Gasteiger partial charge in [-0.25, -0.2) is 9.97 Å². The van der Waals surface area contributed by atoms with Crippen LogP contribution in [0.1, 0.15) is 5.56 Å². The van der Waals surface area contributed by atoms with Crippen molar-refractivity contribution in [1.82, 2.24) is 19.5 Å². The molecular formula is C17H13N5. The number of fused-ring (bicyclic) bond motifs is 2. The number of para-hydroxylation sites is 2. The van der Waals surface area contributed by atoms with Crippen LogP contribution in [0, 0.1) is 5.41 Å². The lowest BCUT2D eigenvalue weighted by Crippen LogP contribution is -2.21. The fourth-order valence-corrected chi connectivity index (χ4v) is 2.51. The number of nitrogens with zero attached hydrogens (tertiary/aromatic N) is 4. The van der Waals surface area contributed by atoms with Crippen molar-refractivity contribution in [3.05, 3.63) is 72.0 Å². The molecule has 0 atom stereocenters. The van der Waals surface area contributed by atoms with E-state index >= 15 is 0 Å². The summed E-state index contributed by atoms with van der Waals surface area (Å²) in [7, 11) is 0. The minimum Gasteiger partial charge on any atom is -0.305 e. The first kappa shape index (κ1) is 12.6. The Kier molecular flexibility index (Phi) is 2.89. The van der Waals surface area contributed by atoms with Gasteiger partial charge < -0.3 is 4.57 Å². The Labute approximate surface area is 126 Å². The molecule has 0 saturated heterocycles. The maximum atomic E-state index is 8.19. The molecule has 0 spiro atoms. The van der Waals surface area contributed by atoms with Gasteiger partial charge in [-0.05, 0) is 42.0 Å². The average molecular weight is 287 g/mol. The molecule has 0 aliphatic rings. The summed E-state index contributed by atoms with van der Waals surface area (Å²) in [5, 5.41) is 8.19. The largest absolute Gasteiger partial charge is 0.305 e. The molecule has 0 bridgehead atoms. The predicted molar refractivity (Wildman–Crippen MR) is 84.2 cm³/mol. The molecule has 1 N–H and O–H groups in total. The Morgan fingerprint density at radius 2 is 1.55 bits per heavy atom. The molecule has 0 fully saturated rings. The fraction of sp³-hybridized carbons (Fsp3) is 0.0588. The van der Waals surface area contributed by atoms with Gasteiger partial charge in [-0.1, -0.05) is 12.1 Å². The molecule has 3 aromatic heterocycles. The Morgan fingerprint density at radius 3 is 2.32 bits per heavy atom. The highest BCUT2D eigenvalue weighted by Gasteiger charge is 2.07. The van der Waals surface area contributed by atoms with E-state index in [1.807, 2.05) is 47.0 Å². The number of benzene rings is 1. The zero-order valence-corrected chi connectivity index (χ0v) is 11.8. The maximum absolute atomic E-state index is 8.19. The van der Waals surface area contributed by atoms with Crippen LogP contribution < -0.4 is 5.49 Å². The van der Waals surface area contributed by atoms with Crippen molar-refractivity contribution in [3.8, 4) is 0 Å². The second-order valence-corrected chi connectivity index (χ2v) is 5.08. The zero-order valence-electron chi connectivity index (χ0n) is 11.8. The van der Waals surface area contributed by atoms with Gasteiger partial charge in [-0.3, -0.25) is 10.4 Å². The minimum atomic E-state index is 0.411. The van der Waals surface area contributed by atoms with Crippen LogP contribution in [-0.4, -0.2) is 19.5 Å². The summed E-state index contributed by atoms with van der Waals surface area (Å²) < 4.78 is 1.87. The van der Waals surface area contributed by atoms with Gasteiger partial charge in [-0.15, -0.1) is 0 Å². The monoisotopic (exact) mass is 287 g/mol. The molecule has 0 radical (unpaired) electrons. The van der Waals surface area contributed by atoms with E-state index in [2.05, 4.69) is 9.97 Å². The van der Waals surface area contributed by atoms with Gasteiger partial charge in [0.1, 0.15) is 11.0 Å². The van der Waals surface area contributed by atoms with Crippen molar-refractivity contribution in [2.45, 2.75) is 6.54 Å². The molecule has 0 aliphatic carbocycles. The van der Waals surface area contributed by atoms with Gasteiger partial charge in [0.25, 0.3) is 0 Å². The highest BCUT2D eigenvalue weighted by molar-refractivity contribution is 5.84. The van der Waals surface area contributed by atoms with Crippen LogP contribution in [0.25, 0.3) is 22.2 Å². The molecule has 0 saturated carbocycles. The molecule has 1 aromatic carbocycles. The summed E-state index contributed by atoms with van der Waals surface area (Å²) in [5.74, 6) is 0. The third-order valence-electron chi connectivity index (χ3n) is 3.61. The van der Waals surface area contributed by atoms with Crippen molar-refractivity contribution in [2.75, 3.05) is 0 Å². The second-order valence-electron chi connectivity index (χ2n) is 5.08. The topological polar surface area (TPSA) is 67.5 Å². The van der Waals surface area contributed by atoms with Crippen LogP contribution in [0.4, 0.5) is 0 Å². The molecule has 0 amide bonds. The van der Waals surface area contributed by atoms with Crippen LogP contribution >= 0.6 is 0 Å². The van der Waals surface area contributed by atoms with Gasteiger partial charge in [0.2, 0.25) is 0 Å². The summed E-state index contributed by atoms with van der Waals surface area (Å²) in [6, 6.07) is 15.3. The van der Waals surface area contributed by atoms with Crippen molar-refractivity contribution >= 4 is 22.2 Å². The lowest BCUT2D eigenvalue weighted by molar-refractivity contribution is 0.753. The minimum absolute atomic E-state index is 0.411. The normalized spacial score (nSPS) is 11.1. The number of hydrogen-bond donors (Lipinski definition) is 1. The molecule has 3 heterocycles. The summed E-state index contributed by atoms with van der Waals surface area (Å²) >= 11 is 0. The third kappa shape index (κ3) is 2.13. The van der Waals surface area contributed by atoms with Gasteiger partial charge >= 0.3 is 0 Å². The van der Waals surface area contributed by atoms with E-state index < -0.39 is 0 Å². The summed E-state index contributed by atoms with van der Waals surface area (Å²) in [4.78, 5) is 13.4. The van der Waals surface area contributed by atoms with E-state index in [-0.39, 0.29) is 0 Å². The number of nitrogens with one attached hydrogen (secondary N) is 1. The molecule has 4 rings (SSSR count). The summed E-state index contributed by atoms with van der Waals surface area (Å²) in [6.45, 7) is 0.575. The Balaban J connectivity index is 1.98. The van der Waals surface area contributed by atoms with Crippen molar-refractivity contribution in [1.29, 1.82) is 5.41 Å². The van der Waals surface area contributed by atoms with Crippen molar-refractivity contribution < 1.29 is 0 Å². The first-order valence-electron chi connectivity index (χ1n) is 7.01. The van der Waals surface area contributed by atoms with Crippen LogP contribution in [0.15, 0.2) is 60.9 Å². The van der Waals surface area contributed by atoms with Gasteiger partial charge in [0.15, 0.2) is 5.65 Å². The summed E-state index contributed by atoms with van der Waals surface area (Å²) in [6.07, 6.45) is 3.51. The van der Waals surface area contributed by atoms with Crippen LogP contribution in [-0.2, 0) is 6.54 Å². The molecule has 22 heavy (non-hydrogen) atoms. The van der Waals surface area contributed by atoms with Crippen LogP contribution in [0.3, 0.4) is 0 Å². The summed E-state index contributed by atoms with van der Waals surface area (Å²) in [5.41, 5.74) is 4.71. The van der Waals surface area contributed by atoms with Crippen molar-refractivity contribution in [3.63, 3.8) is 0 Å². The molecule has 0 aliphatic heterocycles. The van der Waals surface area contributed by atoms with E-state index in [4.69, 9.17) is 10.4 Å². The molecule has 106 valence electrons. The number of pyridine rings is 2. The van der Waals surface area contributed by atoms with Gasteiger partial charge in [0.05, 0.1) is 17.6 Å². The van der Waals surface area contributed by atoms with Gasteiger partial charge in [0, 0.05) is 12.4 Å². The zero-order chi connectivity index (χ0) is 14.9. The SMILES string of the molecule is N=c1ccc2nc3ccccc3nc2n1Cc1ccncc1. The molecule has 0 unspecified atom stereocenters. The predicted octanol–water partition coefficient (Wildman–Crippen LogP) is 2.51. The van der Waals surface area contributed by atoms with E-state index in [1.54, 1.807) is 18.5 Å². The first-order chi connectivity index (χ1) is 10.8. The van der Waals surface area contributed by atoms with E-state index in [1.165, 1.54) is 0 Å². The number of aromatic nitrogens is 4. The second kappa shape index (κ2) is 5.04. The van der Waals surface area contributed by atoms with E-state index in [0.29, 0.717) is 12.0 Å². The van der Waals surface area contributed by atoms with Gasteiger partial charge in [-0.2, -0.15) is 0 Å². The lowest BCUT2D eigenvalue weighted by Gasteiger charge is -2.11. The highest BCUT2D eigenvalue weighted by Crippen LogP contribution is 2.15. The number of hydrogen-bond acceptors (Lipinski definition) is 4. The average Bonchev–Trinajstić information content (AvgIpc) is 2.57. The van der Waals surface area contributed by atoms with Crippen LogP contribution in [0.5, 0.6) is 0 Å². The quantitative estimate of drug-likeness (QED) is 0.576. The molecular weight excluding hydrogens is 274 g/mol. The Bertz CT molecular complexity index is 1020. The third-order valence-corrected chi connectivity index (χ3v) is 3.61. The number of rotatable bonds is 2. The Hall–Kier alpha value is -3.08. The Morgan fingerprint density at radius 1 is 0.818 bits per heavy atom. The van der Waals surface area contributed by atoms with Crippen LogP contribution in [0.2, 0.25) is 0 Å². The standard InChI is InChI=1S/C17H13N5/c18-16-6-5-15-17(21-14-4-2-1-3-13(14)20-15)22(16)11-12-7-9-19-10-8-12/h1-10,18H,11H2.